The molecule has 2 atom stereocenters. The van der Waals surface area contributed by atoms with E-state index in [4.69, 9.17) is 19.5 Å². The number of hydrogen-bond donors (Lipinski definition) is 3. The molecule has 6 rings (SSSR count). The molecule has 0 radical (unpaired) electrons. The molecule has 3 saturated heterocycles. The third-order valence-electron chi connectivity index (χ3n) is 9.09. The highest BCUT2D eigenvalue weighted by atomic mass is 16.5. The summed E-state index contributed by atoms with van der Waals surface area (Å²) in [5, 5.41) is 20.2. The molecule has 2 amide bonds. The van der Waals surface area contributed by atoms with E-state index < -0.39 is 0 Å². The van der Waals surface area contributed by atoms with Gasteiger partial charge in [0.05, 0.1) is 30.4 Å². The van der Waals surface area contributed by atoms with Gasteiger partial charge in [-0.1, -0.05) is 6.42 Å². The highest BCUT2D eigenvalue weighted by Gasteiger charge is 2.29. The Morgan fingerprint density at radius 1 is 1.00 bits per heavy atom. The van der Waals surface area contributed by atoms with Crippen molar-refractivity contribution in [2.24, 2.45) is 0 Å². The summed E-state index contributed by atoms with van der Waals surface area (Å²) < 4.78 is 17.6. The number of ether oxygens (including phenoxy) is 3. The number of amides is 2. The predicted octanol–water partition coefficient (Wildman–Crippen LogP) is 2.71. The second-order valence-electron chi connectivity index (χ2n) is 12.1. The van der Waals surface area contributed by atoms with Crippen molar-refractivity contribution in [3.05, 3.63) is 48.3 Å². The number of carbonyl (C=O) groups is 1. The van der Waals surface area contributed by atoms with Crippen LogP contribution in [0.3, 0.4) is 0 Å². The van der Waals surface area contributed by atoms with Gasteiger partial charge >= 0.3 is 6.03 Å². The van der Waals surface area contributed by atoms with E-state index in [1.807, 2.05) is 41.3 Å². The molecule has 47 heavy (non-hydrogen) atoms. The minimum Gasteiger partial charge on any atom is -0.490 e. The van der Waals surface area contributed by atoms with E-state index >= 15 is 0 Å². The van der Waals surface area contributed by atoms with E-state index in [2.05, 4.69) is 41.8 Å². The Balaban J connectivity index is 1.10. The molecule has 3 aromatic rings. The number of fused-ring (bicyclic) bond motifs is 1. The molecular formula is C34H45N9O4. The monoisotopic (exact) mass is 643 g/mol. The van der Waals surface area contributed by atoms with Crippen molar-refractivity contribution in [1.82, 2.24) is 30.8 Å². The number of rotatable bonds is 11. The number of aromatic nitrogens is 2. The summed E-state index contributed by atoms with van der Waals surface area (Å²) >= 11 is 0. The molecule has 0 aliphatic carbocycles. The molecule has 13 heteroatoms. The first-order valence-electron chi connectivity index (χ1n) is 16.7. The van der Waals surface area contributed by atoms with Gasteiger partial charge in [0.25, 0.3) is 0 Å². The lowest BCUT2D eigenvalue weighted by atomic mass is 10.0. The normalized spacial score (nSPS) is 20.1. The Bertz CT molecular complexity index is 1520. The topological polar surface area (TPSA) is 140 Å². The molecular weight excluding hydrogens is 598 g/mol. The molecule has 2 aromatic carbocycles. The van der Waals surface area contributed by atoms with Crippen LogP contribution in [0.5, 0.6) is 11.5 Å². The van der Waals surface area contributed by atoms with Crippen molar-refractivity contribution in [3.63, 3.8) is 0 Å². The SMILES string of the molecule is COCCOc1cc2c(N3CCN(C(=O)NC4CNCCN4c4ccc(C#N)cc4)CC3)ncnc2cc1OCCC1CCCCN1. The first-order valence-corrected chi connectivity index (χ1v) is 16.7. The van der Waals surface area contributed by atoms with Crippen LogP contribution in [0.15, 0.2) is 42.7 Å². The maximum Gasteiger partial charge on any atom is 0.319 e. The minimum absolute atomic E-state index is 0.0939. The lowest BCUT2D eigenvalue weighted by molar-refractivity contribution is 0.143. The zero-order chi connectivity index (χ0) is 32.4. The van der Waals surface area contributed by atoms with Crippen LogP contribution in [-0.2, 0) is 4.74 Å². The number of urea groups is 1. The first kappa shape index (κ1) is 32.6. The number of nitrogens with one attached hydrogen (secondary N) is 3. The minimum atomic E-state index is -0.195. The number of methoxy groups -OCH3 is 1. The maximum absolute atomic E-state index is 13.4. The van der Waals surface area contributed by atoms with Crippen molar-refractivity contribution in [3.8, 4) is 17.6 Å². The zero-order valence-electron chi connectivity index (χ0n) is 27.1. The molecule has 3 aliphatic rings. The number of anilines is 2. The molecule has 0 spiro atoms. The standard InChI is InChI=1S/C34H45N9O4/c1-45-18-19-47-30-20-28-29(21-31(30)46-17-9-26-4-2-3-10-37-26)38-24-39-33(28)41-13-15-42(16-14-41)34(44)40-32-23-36-11-12-43(32)27-7-5-25(22-35)6-8-27/h5-8,20-21,24,26,32,36-37H,2-4,9-19,23H2,1H3,(H,40,44). The average Bonchev–Trinajstić information content (AvgIpc) is 3.12. The molecule has 2 unspecified atom stereocenters. The summed E-state index contributed by atoms with van der Waals surface area (Å²) in [5.74, 6) is 2.13. The third-order valence-corrected chi connectivity index (χ3v) is 9.09. The highest BCUT2D eigenvalue weighted by Crippen LogP contribution is 2.36. The summed E-state index contributed by atoms with van der Waals surface area (Å²) in [6.07, 6.45) is 6.01. The van der Waals surface area contributed by atoms with E-state index in [0.717, 1.165) is 48.5 Å². The van der Waals surface area contributed by atoms with Gasteiger partial charge in [0.15, 0.2) is 11.5 Å². The highest BCUT2D eigenvalue weighted by molar-refractivity contribution is 5.92. The number of benzene rings is 2. The number of piperazine rings is 2. The Morgan fingerprint density at radius 2 is 1.81 bits per heavy atom. The van der Waals surface area contributed by atoms with E-state index in [0.29, 0.717) is 75.6 Å². The summed E-state index contributed by atoms with van der Waals surface area (Å²) in [4.78, 5) is 28.9. The number of nitrogens with zero attached hydrogens (tertiary/aromatic N) is 6. The van der Waals surface area contributed by atoms with Gasteiger partial charge in [0.1, 0.15) is 24.9 Å². The molecule has 4 heterocycles. The van der Waals surface area contributed by atoms with Crippen molar-refractivity contribution in [2.45, 2.75) is 37.9 Å². The third kappa shape index (κ3) is 8.13. The van der Waals surface area contributed by atoms with Gasteiger partial charge in [-0.15, -0.1) is 0 Å². The maximum atomic E-state index is 13.4. The molecule has 3 N–H and O–H groups in total. The van der Waals surface area contributed by atoms with Crippen LogP contribution in [0.1, 0.15) is 31.2 Å². The van der Waals surface area contributed by atoms with Crippen LogP contribution in [-0.4, -0.2) is 112 Å². The van der Waals surface area contributed by atoms with Crippen LogP contribution >= 0.6 is 0 Å². The molecule has 0 saturated carbocycles. The van der Waals surface area contributed by atoms with Gasteiger partial charge in [0, 0.05) is 76.1 Å². The zero-order valence-corrected chi connectivity index (χ0v) is 27.1. The van der Waals surface area contributed by atoms with Crippen LogP contribution in [0.2, 0.25) is 0 Å². The number of nitriles is 1. The van der Waals surface area contributed by atoms with Crippen molar-refractivity contribution in [2.75, 3.05) is 89.1 Å². The summed E-state index contributed by atoms with van der Waals surface area (Å²) in [7, 11) is 1.65. The molecule has 3 fully saturated rings. The average molecular weight is 644 g/mol. The Hall–Kier alpha value is -4.38. The van der Waals surface area contributed by atoms with Crippen LogP contribution in [0.25, 0.3) is 10.9 Å². The van der Waals surface area contributed by atoms with Crippen molar-refractivity contribution < 1.29 is 19.0 Å². The lowest BCUT2D eigenvalue weighted by Crippen LogP contribution is -2.62. The van der Waals surface area contributed by atoms with Crippen LogP contribution < -0.4 is 35.2 Å². The second-order valence-corrected chi connectivity index (χ2v) is 12.1. The lowest BCUT2D eigenvalue weighted by Gasteiger charge is -2.41. The van der Waals surface area contributed by atoms with E-state index in [1.165, 1.54) is 19.3 Å². The number of carbonyl (C=O) groups excluding carboxylic acids is 1. The van der Waals surface area contributed by atoms with Crippen LogP contribution in [0.4, 0.5) is 16.3 Å². The predicted molar refractivity (Wildman–Crippen MR) is 180 cm³/mol. The van der Waals surface area contributed by atoms with Crippen LogP contribution in [0, 0.1) is 11.3 Å². The van der Waals surface area contributed by atoms with Gasteiger partial charge in [0.2, 0.25) is 0 Å². The Morgan fingerprint density at radius 3 is 2.57 bits per heavy atom. The van der Waals surface area contributed by atoms with Gasteiger partial charge in [-0.25, -0.2) is 14.8 Å². The van der Waals surface area contributed by atoms with Gasteiger partial charge < -0.3 is 44.9 Å². The molecule has 3 aliphatic heterocycles. The Labute approximate surface area is 276 Å². The van der Waals surface area contributed by atoms with E-state index in [-0.39, 0.29) is 12.2 Å². The quantitative estimate of drug-likeness (QED) is 0.266. The van der Waals surface area contributed by atoms with E-state index in [9.17, 15) is 4.79 Å². The first-order chi connectivity index (χ1) is 23.1. The summed E-state index contributed by atoms with van der Waals surface area (Å²) in [5.41, 5.74) is 2.38. The van der Waals surface area contributed by atoms with Gasteiger partial charge in [-0.05, 0) is 56.1 Å². The molecule has 250 valence electrons. The van der Waals surface area contributed by atoms with E-state index in [1.54, 1.807) is 13.4 Å². The summed E-state index contributed by atoms with van der Waals surface area (Å²) in [6, 6.07) is 14.0. The second kappa shape index (κ2) is 15.9. The Kier molecular flexibility index (Phi) is 11.0. The summed E-state index contributed by atoms with van der Waals surface area (Å²) in [6.45, 7) is 7.13. The molecule has 1 aromatic heterocycles. The van der Waals surface area contributed by atoms with Crippen molar-refractivity contribution >= 4 is 28.4 Å². The molecule has 13 nitrogen and oxygen atoms in total. The van der Waals surface area contributed by atoms with Gasteiger partial charge in [-0.2, -0.15) is 5.26 Å². The van der Waals surface area contributed by atoms with Crippen molar-refractivity contribution in [1.29, 1.82) is 5.26 Å². The van der Waals surface area contributed by atoms with Gasteiger partial charge in [-0.3, -0.25) is 0 Å². The largest absolute Gasteiger partial charge is 0.490 e. The fourth-order valence-corrected chi connectivity index (χ4v) is 6.47. The number of piperidine rings is 1. The number of hydrogen-bond acceptors (Lipinski definition) is 11. The fraction of sp³-hybridized carbons (Fsp3) is 0.529. The molecule has 0 bridgehead atoms. The fourth-order valence-electron chi connectivity index (χ4n) is 6.47. The smallest absolute Gasteiger partial charge is 0.319 e.